The summed E-state index contributed by atoms with van der Waals surface area (Å²) in [4.78, 5) is 57.6. The topological polar surface area (TPSA) is 130 Å². The first kappa shape index (κ1) is 27.4. The Morgan fingerprint density at radius 1 is 1.11 bits per heavy atom. The molecule has 3 fully saturated rings. The van der Waals surface area contributed by atoms with Gasteiger partial charge in [0.05, 0.1) is 24.3 Å². The Morgan fingerprint density at radius 3 is 2.24 bits per heavy atom. The molecule has 3 heterocycles. The maximum atomic E-state index is 14.3. The molecule has 3 atom stereocenters. The maximum Gasteiger partial charge on any atom is 0.331 e. The fourth-order valence-electron chi connectivity index (χ4n) is 6.25. The fourth-order valence-corrected chi connectivity index (χ4v) is 10.8. The van der Waals surface area contributed by atoms with Gasteiger partial charge in [-0.1, -0.05) is 30.3 Å². The molecule has 10 nitrogen and oxygen atoms in total. The number of carboxylic acids is 1. The molecule has 1 aromatic carbocycles. The minimum Gasteiger partial charge on any atom is -0.479 e. The van der Waals surface area contributed by atoms with Crippen LogP contribution >= 0.6 is 10.0 Å². The number of nitrogens with zero attached hydrogens (tertiary/aromatic N) is 3. The largest absolute Gasteiger partial charge is 0.479 e. The zero-order valence-corrected chi connectivity index (χ0v) is 22.8. The molecule has 11 heteroatoms. The minimum absolute atomic E-state index is 0.0477. The van der Waals surface area contributed by atoms with Crippen molar-refractivity contribution in [3.63, 3.8) is 0 Å². The van der Waals surface area contributed by atoms with Crippen molar-refractivity contribution in [1.29, 1.82) is 0 Å². The van der Waals surface area contributed by atoms with E-state index in [0.29, 0.717) is 26.2 Å². The number of aliphatic carboxylic acids is 1. The molecular formula is C26H38N4O6S. The number of carboxylic acid groups (broad SMARTS) is 1. The number of aliphatic hydroxyl groups excluding tert-OH is 1. The molecule has 4 rings (SSSR count). The standard InChI is InChI=1S/C26H38N4O6S/c1-18(2)27-20(32)16-28-10-12-29(13-11-28)24(36)37(17-31)22-14-21(33)30(22)26(23(34)35,25(37,3)4)15-19-8-6-5-7-9-19/h5-9,18,22,31H,10-17H2,1-4H3,(H,27,32)(H,34,35)/t22-,26+/m1/s1. The van der Waals surface area contributed by atoms with E-state index in [1.807, 2.05) is 49.1 Å². The normalized spacial score (nSPS) is 30.9. The van der Waals surface area contributed by atoms with Crippen LogP contribution in [0.5, 0.6) is 0 Å². The van der Waals surface area contributed by atoms with E-state index in [1.54, 1.807) is 18.7 Å². The van der Waals surface area contributed by atoms with E-state index in [2.05, 4.69) is 5.32 Å². The summed E-state index contributed by atoms with van der Waals surface area (Å²) in [6.07, 6.45) is 0.114. The predicted octanol–water partition coefficient (Wildman–Crippen LogP) is 1.42. The Kier molecular flexibility index (Phi) is 7.35. The smallest absolute Gasteiger partial charge is 0.331 e. The van der Waals surface area contributed by atoms with Gasteiger partial charge >= 0.3 is 5.97 Å². The van der Waals surface area contributed by atoms with Crippen molar-refractivity contribution < 1.29 is 29.4 Å². The number of hydrogen-bond acceptors (Lipinski definition) is 6. The van der Waals surface area contributed by atoms with Crippen molar-refractivity contribution in [3.05, 3.63) is 35.9 Å². The summed E-state index contributed by atoms with van der Waals surface area (Å²) < 4.78 is -1.20. The molecule has 0 saturated carbocycles. The van der Waals surface area contributed by atoms with Crippen LogP contribution in [-0.2, 0) is 20.8 Å². The number of nitrogens with one attached hydrogen (secondary N) is 1. The average Bonchev–Trinajstić information content (AvgIpc) is 2.97. The number of β-lactam (4-membered cyclic amide) rings is 1. The van der Waals surface area contributed by atoms with E-state index in [0.717, 1.165) is 5.56 Å². The summed E-state index contributed by atoms with van der Waals surface area (Å²) in [5.41, 5.74) is -0.899. The first-order valence-corrected chi connectivity index (χ1v) is 14.6. The van der Waals surface area contributed by atoms with Gasteiger partial charge < -0.3 is 25.3 Å². The Balaban J connectivity index is 1.63. The van der Waals surface area contributed by atoms with Crippen molar-refractivity contribution in [2.75, 3.05) is 38.7 Å². The van der Waals surface area contributed by atoms with Gasteiger partial charge in [-0.05, 0) is 33.3 Å². The number of hydrogen-bond donors (Lipinski definition) is 3. The van der Waals surface area contributed by atoms with Crippen LogP contribution in [0.2, 0.25) is 0 Å². The number of piperazine rings is 1. The lowest BCUT2D eigenvalue weighted by atomic mass is 9.77. The molecule has 0 aromatic heterocycles. The number of aliphatic hydroxyl groups is 1. The quantitative estimate of drug-likeness (QED) is 0.451. The summed E-state index contributed by atoms with van der Waals surface area (Å²) in [5, 5.41) is 23.6. The van der Waals surface area contributed by atoms with Gasteiger partial charge in [0.2, 0.25) is 11.8 Å². The monoisotopic (exact) mass is 534 g/mol. The number of fused-ring (bicyclic) bond motifs is 1. The summed E-state index contributed by atoms with van der Waals surface area (Å²) in [7, 11) is -2.69. The highest BCUT2D eigenvalue weighted by atomic mass is 32.3. The van der Waals surface area contributed by atoms with Crippen LogP contribution < -0.4 is 5.32 Å². The molecule has 0 radical (unpaired) electrons. The van der Waals surface area contributed by atoms with Crippen LogP contribution in [0.1, 0.15) is 39.7 Å². The first-order valence-electron chi connectivity index (χ1n) is 12.7. The molecule has 3 saturated heterocycles. The van der Waals surface area contributed by atoms with Crippen molar-refractivity contribution in [1.82, 2.24) is 20.0 Å². The SMILES string of the molecule is CC(C)NC(=O)CN1CCN(C(=O)S2(CO)[C@@H]3CC(=O)N3[C@@](Cc3ccccc3)(C(=O)O)C2(C)C)CC1. The Labute approximate surface area is 219 Å². The minimum atomic E-state index is -2.69. The third kappa shape index (κ3) is 4.11. The second kappa shape index (κ2) is 9.92. The zero-order valence-electron chi connectivity index (χ0n) is 22.0. The second-order valence-corrected chi connectivity index (χ2v) is 14.7. The van der Waals surface area contributed by atoms with Crippen molar-refractivity contribution >= 4 is 33.1 Å². The molecule has 0 spiro atoms. The summed E-state index contributed by atoms with van der Waals surface area (Å²) >= 11 is 0. The van der Waals surface area contributed by atoms with Gasteiger partial charge in [0.25, 0.3) is 5.24 Å². The number of amides is 3. The molecule has 0 bridgehead atoms. The highest BCUT2D eigenvalue weighted by Crippen LogP contribution is 2.77. The van der Waals surface area contributed by atoms with E-state index in [-0.39, 0.29) is 42.5 Å². The van der Waals surface area contributed by atoms with Crippen LogP contribution in [0.3, 0.4) is 0 Å². The maximum absolute atomic E-state index is 14.3. The van der Waals surface area contributed by atoms with Crippen molar-refractivity contribution in [3.8, 4) is 0 Å². The highest BCUT2D eigenvalue weighted by Gasteiger charge is 2.79. The highest BCUT2D eigenvalue weighted by molar-refractivity contribution is 8.46. The Bertz CT molecular complexity index is 1070. The van der Waals surface area contributed by atoms with Gasteiger partial charge in [-0.2, -0.15) is 0 Å². The number of carbonyl (C=O) groups excluding carboxylic acids is 3. The van der Waals surface area contributed by atoms with Gasteiger partial charge in [0.15, 0.2) is 5.54 Å². The van der Waals surface area contributed by atoms with Crippen LogP contribution in [0.4, 0.5) is 4.79 Å². The summed E-state index contributed by atoms with van der Waals surface area (Å²) in [6, 6.07) is 9.18. The molecule has 1 unspecified atom stereocenters. The number of rotatable bonds is 7. The third-order valence-electron chi connectivity index (χ3n) is 8.31. The molecule has 3 amide bonds. The fraction of sp³-hybridized carbons (Fsp3) is 0.615. The van der Waals surface area contributed by atoms with E-state index in [1.165, 1.54) is 4.90 Å². The van der Waals surface area contributed by atoms with Crippen molar-refractivity contribution in [2.45, 2.75) is 62.2 Å². The van der Waals surface area contributed by atoms with Crippen LogP contribution in [0.15, 0.2) is 30.3 Å². The Hall–Kier alpha value is -2.63. The molecule has 3 aliphatic heterocycles. The molecule has 3 aliphatic rings. The van der Waals surface area contributed by atoms with E-state index >= 15 is 0 Å². The summed E-state index contributed by atoms with van der Waals surface area (Å²) in [6.45, 7) is 9.28. The zero-order chi connectivity index (χ0) is 27.2. The van der Waals surface area contributed by atoms with E-state index in [4.69, 9.17) is 0 Å². The second-order valence-electron chi connectivity index (χ2n) is 10.9. The van der Waals surface area contributed by atoms with Gasteiger partial charge in [-0.3, -0.25) is 19.3 Å². The predicted molar refractivity (Wildman–Crippen MR) is 141 cm³/mol. The van der Waals surface area contributed by atoms with E-state index < -0.39 is 37.6 Å². The average molecular weight is 535 g/mol. The molecule has 204 valence electrons. The lowest BCUT2D eigenvalue weighted by Gasteiger charge is -2.52. The van der Waals surface area contributed by atoms with Crippen LogP contribution in [-0.4, -0.2) is 108 Å². The molecule has 37 heavy (non-hydrogen) atoms. The van der Waals surface area contributed by atoms with Gasteiger partial charge in [0.1, 0.15) is 0 Å². The molecule has 0 aliphatic carbocycles. The number of carbonyl (C=O) groups is 4. The molecule has 1 aromatic rings. The van der Waals surface area contributed by atoms with Crippen LogP contribution in [0.25, 0.3) is 0 Å². The van der Waals surface area contributed by atoms with Gasteiger partial charge in [-0.25, -0.2) is 4.79 Å². The Morgan fingerprint density at radius 2 is 1.73 bits per heavy atom. The van der Waals surface area contributed by atoms with Crippen molar-refractivity contribution in [2.24, 2.45) is 0 Å². The third-order valence-corrected chi connectivity index (χ3v) is 13.1. The van der Waals surface area contributed by atoms with Gasteiger partial charge in [-0.15, -0.1) is 10.0 Å². The lowest BCUT2D eigenvalue weighted by Crippen LogP contribution is -2.68. The molecular weight excluding hydrogens is 496 g/mol. The molecule has 3 N–H and O–H groups in total. The van der Waals surface area contributed by atoms with Gasteiger partial charge in [0, 0.05) is 43.4 Å². The van der Waals surface area contributed by atoms with E-state index in [9.17, 15) is 29.4 Å². The van der Waals surface area contributed by atoms with Crippen LogP contribution in [0, 0.1) is 0 Å². The first-order chi connectivity index (χ1) is 17.4. The number of benzene rings is 1. The summed E-state index contributed by atoms with van der Waals surface area (Å²) in [5.74, 6) is -2.00. The lowest BCUT2D eigenvalue weighted by molar-refractivity contribution is -0.168.